The standard InChI is InChI=1S/C24H30IN7O3S/c1-4-35-21-15-17(32-13-11-31(3)12-14-32)9-10-19(21)29-24-27-16-18(25)23(30-24)28-20-7-5-6-8-22(20)36(33,34)26-2/h5-10,15-16,26H,4,11-14H2,1-3H3,(H2,27,28,29,30). The number of nitrogens with zero attached hydrogens (tertiary/aromatic N) is 4. The third kappa shape index (κ3) is 6.17. The van der Waals surface area contributed by atoms with Crippen LogP contribution >= 0.6 is 22.6 Å². The van der Waals surface area contributed by atoms with E-state index < -0.39 is 10.0 Å². The first kappa shape index (κ1) is 26.4. The molecular weight excluding hydrogens is 593 g/mol. The maximum atomic E-state index is 12.4. The highest BCUT2D eigenvalue weighted by molar-refractivity contribution is 14.1. The van der Waals surface area contributed by atoms with Gasteiger partial charge in [0, 0.05) is 44.1 Å². The smallest absolute Gasteiger partial charge is 0.242 e. The average molecular weight is 624 g/mol. The van der Waals surface area contributed by atoms with Gasteiger partial charge in [0.05, 0.1) is 21.6 Å². The molecular formula is C24H30IN7O3S. The van der Waals surface area contributed by atoms with Gasteiger partial charge in [-0.25, -0.2) is 18.1 Å². The zero-order chi connectivity index (χ0) is 25.7. The van der Waals surface area contributed by atoms with E-state index in [1.165, 1.54) is 13.1 Å². The molecule has 1 saturated heterocycles. The van der Waals surface area contributed by atoms with Crippen molar-refractivity contribution in [2.75, 3.05) is 62.4 Å². The van der Waals surface area contributed by atoms with Crippen LogP contribution in [0.15, 0.2) is 53.6 Å². The van der Waals surface area contributed by atoms with Crippen molar-refractivity contribution in [3.8, 4) is 5.75 Å². The highest BCUT2D eigenvalue weighted by atomic mass is 127. The summed E-state index contributed by atoms with van der Waals surface area (Å²) in [5.74, 6) is 1.56. The van der Waals surface area contributed by atoms with E-state index in [0.717, 1.165) is 46.9 Å². The molecule has 0 amide bonds. The highest BCUT2D eigenvalue weighted by Gasteiger charge is 2.19. The third-order valence-corrected chi connectivity index (χ3v) is 8.08. The molecule has 192 valence electrons. The molecule has 2 heterocycles. The summed E-state index contributed by atoms with van der Waals surface area (Å²) in [4.78, 5) is 13.8. The van der Waals surface area contributed by atoms with E-state index in [0.29, 0.717) is 24.1 Å². The van der Waals surface area contributed by atoms with Crippen LogP contribution in [0.2, 0.25) is 0 Å². The Morgan fingerprint density at radius 1 is 1.06 bits per heavy atom. The number of halogens is 1. The number of piperazine rings is 1. The molecule has 0 saturated carbocycles. The first-order chi connectivity index (χ1) is 17.3. The topological polar surface area (TPSA) is 112 Å². The van der Waals surface area contributed by atoms with E-state index in [4.69, 9.17) is 4.74 Å². The minimum absolute atomic E-state index is 0.134. The SMILES string of the molecule is CCOc1cc(N2CCN(C)CC2)ccc1Nc1ncc(I)c(Nc2ccccc2S(=O)(=O)NC)n1. The molecule has 10 nitrogen and oxygen atoms in total. The molecule has 0 unspecified atom stereocenters. The average Bonchev–Trinajstić information content (AvgIpc) is 2.88. The monoisotopic (exact) mass is 623 g/mol. The molecule has 1 aliphatic rings. The van der Waals surface area contributed by atoms with Crippen LogP contribution in [0.25, 0.3) is 0 Å². The quantitative estimate of drug-likeness (QED) is 0.308. The van der Waals surface area contributed by atoms with Gasteiger partial charge in [-0.1, -0.05) is 12.1 Å². The van der Waals surface area contributed by atoms with Crippen LogP contribution in [0.3, 0.4) is 0 Å². The summed E-state index contributed by atoms with van der Waals surface area (Å²) in [5, 5.41) is 6.40. The number of para-hydroxylation sites is 1. The summed E-state index contributed by atoms with van der Waals surface area (Å²) in [6, 6.07) is 12.8. The normalized spacial score (nSPS) is 14.5. The number of rotatable bonds is 9. The predicted molar refractivity (Wildman–Crippen MR) is 151 cm³/mol. The van der Waals surface area contributed by atoms with Gasteiger partial charge >= 0.3 is 0 Å². The lowest BCUT2D eigenvalue weighted by molar-refractivity contribution is 0.312. The van der Waals surface area contributed by atoms with Crippen molar-refractivity contribution < 1.29 is 13.2 Å². The van der Waals surface area contributed by atoms with Crippen LogP contribution in [0.1, 0.15) is 6.92 Å². The van der Waals surface area contributed by atoms with Crippen LogP contribution in [-0.2, 0) is 10.0 Å². The number of hydrogen-bond acceptors (Lipinski definition) is 9. The van der Waals surface area contributed by atoms with Gasteiger partial charge in [0.25, 0.3) is 0 Å². The summed E-state index contributed by atoms with van der Waals surface area (Å²) in [7, 11) is -0.126. The van der Waals surface area contributed by atoms with Gasteiger partial charge in [-0.2, -0.15) is 4.98 Å². The van der Waals surface area contributed by atoms with E-state index in [1.54, 1.807) is 24.4 Å². The molecule has 0 radical (unpaired) electrons. The van der Waals surface area contributed by atoms with Crippen molar-refractivity contribution in [3.05, 3.63) is 52.2 Å². The van der Waals surface area contributed by atoms with E-state index in [1.807, 2.05) is 19.1 Å². The first-order valence-corrected chi connectivity index (χ1v) is 14.2. The van der Waals surface area contributed by atoms with Gasteiger partial charge in [0.1, 0.15) is 16.5 Å². The summed E-state index contributed by atoms with van der Waals surface area (Å²) in [6.07, 6.45) is 1.67. The van der Waals surface area contributed by atoms with Crippen molar-refractivity contribution in [2.45, 2.75) is 11.8 Å². The number of aromatic nitrogens is 2. The number of nitrogens with one attached hydrogen (secondary N) is 3. The maximum absolute atomic E-state index is 12.4. The first-order valence-electron chi connectivity index (χ1n) is 11.6. The molecule has 0 aliphatic carbocycles. The largest absolute Gasteiger partial charge is 0.492 e. The van der Waals surface area contributed by atoms with Gasteiger partial charge in [0.15, 0.2) is 0 Å². The number of benzene rings is 2. The van der Waals surface area contributed by atoms with Crippen LogP contribution in [0.5, 0.6) is 5.75 Å². The molecule has 12 heteroatoms. The van der Waals surface area contributed by atoms with Gasteiger partial charge in [-0.05, 0) is 67.9 Å². The molecule has 3 N–H and O–H groups in total. The number of anilines is 5. The molecule has 1 fully saturated rings. The van der Waals surface area contributed by atoms with Crippen molar-refractivity contribution in [1.29, 1.82) is 0 Å². The fraction of sp³-hybridized carbons (Fsp3) is 0.333. The van der Waals surface area contributed by atoms with Crippen LogP contribution in [-0.4, -0.2) is 70.2 Å². The van der Waals surface area contributed by atoms with Crippen LogP contribution in [0.4, 0.5) is 28.8 Å². The maximum Gasteiger partial charge on any atom is 0.242 e. The predicted octanol–water partition coefficient (Wildman–Crippen LogP) is 3.63. The van der Waals surface area contributed by atoms with Crippen molar-refractivity contribution in [3.63, 3.8) is 0 Å². The Labute approximate surface area is 225 Å². The third-order valence-electron chi connectivity index (χ3n) is 5.82. The molecule has 36 heavy (non-hydrogen) atoms. The van der Waals surface area contributed by atoms with E-state index in [-0.39, 0.29) is 4.90 Å². The fourth-order valence-corrected chi connectivity index (χ4v) is 5.11. The molecule has 3 aromatic rings. The number of hydrogen-bond donors (Lipinski definition) is 3. The zero-order valence-electron chi connectivity index (χ0n) is 20.5. The Balaban J connectivity index is 1.59. The van der Waals surface area contributed by atoms with Crippen LogP contribution < -0.4 is 25.0 Å². The summed E-state index contributed by atoms with van der Waals surface area (Å²) in [6.45, 7) is 6.46. The lowest BCUT2D eigenvalue weighted by Crippen LogP contribution is -2.44. The van der Waals surface area contributed by atoms with Crippen molar-refractivity contribution in [2.24, 2.45) is 0 Å². The fourth-order valence-electron chi connectivity index (χ4n) is 3.83. The van der Waals surface area contributed by atoms with Gasteiger partial charge < -0.3 is 25.2 Å². The second-order valence-corrected chi connectivity index (χ2v) is 11.3. The molecule has 0 spiro atoms. The number of ether oxygens (including phenoxy) is 1. The number of sulfonamides is 1. The van der Waals surface area contributed by atoms with E-state index >= 15 is 0 Å². The second-order valence-electron chi connectivity index (χ2n) is 8.25. The number of likely N-dealkylation sites (N-methyl/N-ethyl adjacent to an activating group) is 1. The van der Waals surface area contributed by atoms with Crippen molar-refractivity contribution in [1.82, 2.24) is 19.6 Å². The van der Waals surface area contributed by atoms with E-state index in [2.05, 4.69) is 70.8 Å². The second kappa shape index (κ2) is 11.6. The Hall–Kier alpha value is -2.68. The molecule has 0 atom stereocenters. The summed E-state index contributed by atoms with van der Waals surface area (Å²) in [5.41, 5.74) is 2.28. The molecule has 1 aliphatic heterocycles. The van der Waals surface area contributed by atoms with Gasteiger partial charge in [-0.3, -0.25) is 0 Å². The molecule has 1 aromatic heterocycles. The lowest BCUT2D eigenvalue weighted by atomic mass is 10.2. The van der Waals surface area contributed by atoms with Gasteiger partial charge in [0.2, 0.25) is 16.0 Å². The molecule has 2 aromatic carbocycles. The van der Waals surface area contributed by atoms with Gasteiger partial charge in [-0.15, -0.1) is 0 Å². The van der Waals surface area contributed by atoms with Crippen molar-refractivity contribution >= 4 is 61.4 Å². The lowest BCUT2D eigenvalue weighted by Gasteiger charge is -2.34. The Morgan fingerprint density at radius 2 is 1.81 bits per heavy atom. The Bertz CT molecular complexity index is 1310. The summed E-state index contributed by atoms with van der Waals surface area (Å²) >= 11 is 2.11. The zero-order valence-corrected chi connectivity index (χ0v) is 23.4. The minimum Gasteiger partial charge on any atom is -0.492 e. The van der Waals surface area contributed by atoms with E-state index in [9.17, 15) is 8.42 Å². The Morgan fingerprint density at radius 3 is 2.53 bits per heavy atom. The minimum atomic E-state index is -3.65. The van der Waals surface area contributed by atoms with Crippen LogP contribution in [0, 0.1) is 3.57 Å². The Kier molecular flexibility index (Phi) is 8.49. The molecule has 0 bridgehead atoms. The molecule has 4 rings (SSSR count). The summed E-state index contributed by atoms with van der Waals surface area (Å²) < 4.78 is 33.9. The highest BCUT2D eigenvalue weighted by Crippen LogP contribution is 2.33.